The first-order valence-electron chi connectivity index (χ1n) is 4.40. The smallest absolute Gasteiger partial charge is 0.221 e. The van der Waals surface area contributed by atoms with Gasteiger partial charge in [0, 0.05) is 6.92 Å². The third-order valence-electron chi connectivity index (χ3n) is 1.93. The Balaban J connectivity index is 3.40. The highest BCUT2D eigenvalue weighted by Crippen LogP contribution is 2.38. The zero-order valence-corrected chi connectivity index (χ0v) is 9.59. The van der Waals surface area contributed by atoms with E-state index in [9.17, 15) is 9.59 Å². The first-order valence-corrected chi connectivity index (χ1v) is 4.77. The Kier molecular flexibility index (Phi) is 3.73. The number of hydrogen-bond acceptors (Lipinski definition) is 4. The molecule has 0 saturated heterocycles. The Hall–Kier alpha value is -1.75. The van der Waals surface area contributed by atoms with Crippen molar-refractivity contribution in [2.24, 2.45) is 0 Å². The summed E-state index contributed by atoms with van der Waals surface area (Å²) in [6, 6.07) is 1.38. The van der Waals surface area contributed by atoms with Crippen LogP contribution in [0.2, 0.25) is 5.02 Å². The zero-order valence-electron chi connectivity index (χ0n) is 8.83. The third kappa shape index (κ3) is 2.25. The quantitative estimate of drug-likeness (QED) is 0.624. The molecule has 0 fully saturated rings. The standard InChI is InChI=1S/C10H11ClN2O3/c1-5(15)13-9-7(11)3-6(4-14)10(16-2)8(9)12/h3-4H,12H2,1-2H3,(H,13,15). The SMILES string of the molecule is COc1c(C=O)cc(Cl)c(NC(C)=O)c1N. The van der Waals surface area contributed by atoms with Gasteiger partial charge >= 0.3 is 0 Å². The predicted molar refractivity (Wildman–Crippen MR) is 62.1 cm³/mol. The Morgan fingerprint density at radius 2 is 2.25 bits per heavy atom. The fourth-order valence-corrected chi connectivity index (χ4v) is 1.56. The van der Waals surface area contributed by atoms with Crippen molar-refractivity contribution in [1.82, 2.24) is 0 Å². The molecule has 0 spiro atoms. The van der Waals surface area contributed by atoms with Gasteiger partial charge in [-0.05, 0) is 6.07 Å². The van der Waals surface area contributed by atoms with E-state index in [1.807, 2.05) is 0 Å². The number of nitrogens with two attached hydrogens (primary N) is 1. The first-order chi connectivity index (χ1) is 7.51. The van der Waals surface area contributed by atoms with Crippen LogP contribution in [0.4, 0.5) is 11.4 Å². The average Bonchev–Trinajstić information content (AvgIpc) is 2.23. The lowest BCUT2D eigenvalue weighted by Crippen LogP contribution is -2.10. The second-order valence-corrected chi connectivity index (χ2v) is 3.48. The number of carbonyl (C=O) groups is 2. The number of benzene rings is 1. The molecule has 0 bridgehead atoms. The van der Waals surface area contributed by atoms with E-state index in [0.29, 0.717) is 6.29 Å². The number of methoxy groups -OCH3 is 1. The molecule has 3 N–H and O–H groups in total. The van der Waals surface area contributed by atoms with Crippen LogP contribution in [0, 0.1) is 0 Å². The molecule has 16 heavy (non-hydrogen) atoms. The molecule has 0 aliphatic heterocycles. The lowest BCUT2D eigenvalue weighted by molar-refractivity contribution is -0.114. The molecule has 0 aliphatic rings. The number of anilines is 2. The fourth-order valence-electron chi connectivity index (χ4n) is 1.29. The van der Waals surface area contributed by atoms with Gasteiger partial charge in [-0.3, -0.25) is 9.59 Å². The van der Waals surface area contributed by atoms with Crippen LogP contribution in [0.15, 0.2) is 6.07 Å². The maximum atomic E-state index is 10.9. The molecule has 0 heterocycles. The average molecular weight is 243 g/mol. The number of aldehydes is 1. The summed E-state index contributed by atoms with van der Waals surface area (Å²) in [6.45, 7) is 1.33. The Labute approximate surface area is 97.5 Å². The molecule has 0 atom stereocenters. The van der Waals surface area contributed by atoms with E-state index in [1.165, 1.54) is 20.1 Å². The lowest BCUT2D eigenvalue weighted by atomic mass is 10.1. The second-order valence-electron chi connectivity index (χ2n) is 3.07. The summed E-state index contributed by atoms with van der Waals surface area (Å²) in [5, 5.41) is 2.67. The van der Waals surface area contributed by atoms with Gasteiger partial charge in [-0.15, -0.1) is 0 Å². The minimum absolute atomic E-state index is 0.132. The molecule has 0 saturated carbocycles. The van der Waals surface area contributed by atoms with E-state index in [4.69, 9.17) is 22.1 Å². The number of rotatable bonds is 3. The molecule has 1 amide bonds. The summed E-state index contributed by atoms with van der Waals surface area (Å²) < 4.78 is 4.98. The van der Waals surface area contributed by atoms with Crippen molar-refractivity contribution in [2.45, 2.75) is 6.92 Å². The van der Waals surface area contributed by atoms with Crippen LogP contribution < -0.4 is 15.8 Å². The fraction of sp³-hybridized carbons (Fsp3) is 0.200. The molecule has 5 nitrogen and oxygen atoms in total. The van der Waals surface area contributed by atoms with Crippen LogP contribution in [0.3, 0.4) is 0 Å². The molecule has 6 heteroatoms. The number of nitrogens with one attached hydrogen (secondary N) is 1. The summed E-state index contributed by atoms with van der Waals surface area (Å²) in [4.78, 5) is 21.7. The first kappa shape index (κ1) is 12.3. The van der Waals surface area contributed by atoms with Gasteiger partial charge in [0.1, 0.15) is 5.69 Å². The molecular weight excluding hydrogens is 232 g/mol. The topological polar surface area (TPSA) is 81.4 Å². The van der Waals surface area contributed by atoms with Crippen LogP contribution in [0.25, 0.3) is 0 Å². The van der Waals surface area contributed by atoms with Gasteiger partial charge in [-0.2, -0.15) is 0 Å². The van der Waals surface area contributed by atoms with Gasteiger partial charge < -0.3 is 15.8 Å². The number of halogens is 1. The Morgan fingerprint density at radius 1 is 1.62 bits per heavy atom. The van der Waals surface area contributed by atoms with Gasteiger partial charge in [0.25, 0.3) is 0 Å². The predicted octanol–water partition coefficient (Wildman–Crippen LogP) is 1.70. The number of carbonyl (C=O) groups excluding carboxylic acids is 2. The van der Waals surface area contributed by atoms with Crippen molar-refractivity contribution in [3.8, 4) is 5.75 Å². The highest BCUT2D eigenvalue weighted by Gasteiger charge is 2.16. The highest BCUT2D eigenvalue weighted by molar-refractivity contribution is 6.35. The molecule has 1 rings (SSSR count). The van der Waals surface area contributed by atoms with Crippen molar-refractivity contribution >= 4 is 35.2 Å². The van der Waals surface area contributed by atoms with E-state index in [0.717, 1.165) is 0 Å². The van der Waals surface area contributed by atoms with Gasteiger partial charge in [0.15, 0.2) is 12.0 Å². The minimum Gasteiger partial charge on any atom is -0.494 e. The van der Waals surface area contributed by atoms with Crippen LogP contribution in [-0.4, -0.2) is 19.3 Å². The summed E-state index contributed by atoms with van der Waals surface area (Å²) in [6.07, 6.45) is 0.582. The zero-order chi connectivity index (χ0) is 12.3. The van der Waals surface area contributed by atoms with Crippen LogP contribution in [-0.2, 0) is 4.79 Å². The number of ether oxygens (including phenoxy) is 1. The second kappa shape index (κ2) is 4.85. The summed E-state index contributed by atoms with van der Waals surface area (Å²) in [5.41, 5.74) is 6.35. The van der Waals surface area contributed by atoms with E-state index in [2.05, 4.69) is 5.32 Å². The molecule has 1 aromatic carbocycles. The Morgan fingerprint density at radius 3 is 2.69 bits per heavy atom. The van der Waals surface area contributed by atoms with Crippen molar-refractivity contribution in [3.63, 3.8) is 0 Å². The highest BCUT2D eigenvalue weighted by atomic mass is 35.5. The van der Waals surface area contributed by atoms with Crippen molar-refractivity contribution < 1.29 is 14.3 Å². The lowest BCUT2D eigenvalue weighted by Gasteiger charge is -2.14. The molecule has 1 aromatic rings. The molecule has 0 radical (unpaired) electrons. The van der Waals surface area contributed by atoms with Crippen LogP contribution in [0.5, 0.6) is 5.75 Å². The van der Waals surface area contributed by atoms with E-state index < -0.39 is 0 Å². The number of amides is 1. The number of nitrogen functional groups attached to an aromatic ring is 1. The third-order valence-corrected chi connectivity index (χ3v) is 2.23. The molecule has 86 valence electrons. The summed E-state index contributed by atoms with van der Waals surface area (Å²) in [7, 11) is 1.38. The summed E-state index contributed by atoms with van der Waals surface area (Å²) in [5.74, 6) is -0.113. The van der Waals surface area contributed by atoms with Crippen LogP contribution >= 0.6 is 11.6 Å². The number of hydrogen-bond donors (Lipinski definition) is 2. The maximum absolute atomic E-state index is 10.9. The summed E-state index contributed by atoms with van der Waals surface area (Å²) >= 11 is 5.88. The van der Waals surface area contributed by atoms with Crippen molar-refractivity contribution in [3.05, 3.63) is 16.7 Å². The van der Waals surface area contributed by atoms with Crippen LogP contribution in [0.1, 0.15) is 17.3 Å². The van der Waals surface area contributed by atoms with Gasteiger partial charge in [-0.1, -0.05) is 11.6 Å². The molecular formula is C10H11ClN2O3. The van der Waals surface area contributed by atoms with Gasteiger partial charge in [-0.25, -0.2) is 0 Å². The van der Waals surface area contributed by atoms with Crippen molar-refractivity contribution in [1.29, 1.82) is 0 Å². The van der Waals surface area contributed by atoms with Gasteiger partial charge in [0.2, 0.25) is 5.91 Å². The van der Waals surface area contributed by atoms with E-state index in [1.54, 1.807) is 0 Å². The molecule has 0 aliphatic carbocycles. The molecule has 0 unspecified atom stereocenters. The normalized spacial score (nSPS) is 9.69. The minimum atomic E-state index is -0.311. The Bertz CT molecular complexity index is 446. The van der Waals surface area contributed by atoms with E-state index in [-0.39, 0.29) is 33.6 Å². The molecule has 0 aromatic heterocycles. The monoisotopic (exact) mass is 242 g/mol. The van der Waals surface area contributed by atoms with Gasteiger partial charge in [0.05, 0.1) is 23.4 Å². The van der Waals surface area contributed by atoms with Crippen molar-refractivity contribution in [2.75, 3.05) is 18.2 Å². The maximum Gasteiger partial charge on any atom is 0.221 e. The largest absolute Gasteiger partial charge is 0.494 e. The van der Waals surface area contributed by atoms with E-state index >= 15 is 0 Å².